The van der Waals surface area contributed by atoms with Crippen LogP contribution in [0.2, 0.25) is 0 Å². The van der Waals surface area contributed by atoms with Crippen molar-refractivity contribution in [1.29, 1.82) is 0 Å². The van der Waals surface area contributed by atoms with Gasteiger partial charge in [-0.05, 0) is 30.8 Å². The third-order valence-corrected chi connectivity index (χ3v) is 2.58. The maximum Gasteiger partial charge on any atom is 0.0582 e. The van der Waals surface area contributed by atoms with E-state index in [0.29, 0.717) is 5.92 Å². The quantitative estimate of drug-likeness (QED) is 0.527. The average molecular weight is 252 g/mol. The van der Waals surface area contributed by atoms with Crippen LogP contribution in [0.5, 0.6) is 0 Å². The predicted octanol–water partition coefficient (Wildman–Crippen LogP) is 0.411. The molecule has 100 valence electrons. The van der Waals surface area contributed by atoms with Crippen LogP contribution in [0.1, 0.15) is 26.7 Å². The number of thioether (sulfide) groups is 1. The molecule has 0 radical (unpaired) electrons. The molecule has 0 saturated carbocycles. The molecule has 0 heterocycles. The fourth-order valence-corrected chi connectivity index (χ4v) is 1.58. The molecule has 6 N–H and O–H groups in total. The van der Waals surface area contributed by atoms with E-state index in [1.165, 1.54) is 0 Å². The van der Waals surface area contributed by atoms with E-state index >= 15 is 0 Å². The summed E-state index contributed by atoms with van der Waals surface area (Å²) in [6, 6.07) is -0.0301. The lowest BCUT2D eigenvalue weighted by molar-refractivity contribution is 0.250. The highest BCUT2D eigenvalue weighted by molar-refractivity contribution is 7.98. The van der Waals surface area contributed by atoms with Gasteiger partial charge in [-0.15, -0.1) is 0 Å². The molecule has 0 saturated heterocycles. The van der Waals surface area contributed by atoms with Crippen molar-refractivity contribution in [1.82, 2.24) is 0 Å². The zero-order chi connectivity index (χ0) is 13.0. The van der Waals surface area contributed by atoms with Gasteiger partial charge in [0.2, 0.25) is 0 Å². The summed E-state index contributed by atoms with van der Waals surface area (Å²) in [5.74, 6) is 1.64. The molecule has 0 aliphatic rings. The zero-order valence-corrected chi connectivity index (χ0v) is 11.5. The van der Waals surface area contributed by atoms with Gasteiger partial charge in [0.25, 0.3) is 0 Å². The van der Waals surface area contributed by atoms with Crippen LogP contribution >= 0.6 is 11.8 Å². The Balaban J connectivity index is 0. The second-order valence-electron chi connectivity index (χ2n) is 4.30. The molecule has 16 heavy (non-hydrogen) atoms. The molecule has 0 rings (SSSR count). The SMILES string of the molecule is CC(C)C[C@@H](N)CO.CSCC[C@H](N)CO. The van der Waals surface area contributed by atoms with Crippen LogP contribution in [0.15, 0.2) is 0 Å². The van der Waals surface area contributed by atoms with E-state index in [2.05, 4.69) is 13.8 Å². The first-order valence-electron chi connectivity index (χ1n) is 5.69. The van der Waals surface area contributed by atoms with Crippen LogP contribution in [0.4, 0.5) is 0 Å². The summed E-state index contributed by atoms with van der Waals surface area (Å²) in [6.45, 7) is 4.41. The molecule has 5 heteroatoms. The summed E-state index contributed by atoms with van der Waals surface area (Å²) < 4.78 is 0. The monoisotopic (exact) mass is 252 g/mol. The van der Waals surface area contributed by atoms with Crippen molar-refractivity contribution >= 4 is 11.8 Å². The Morgan fingerprint density at radius 1 is 1.06 bits per heavy atom. The van der Waals surface area contributed by atoms with Crippen LogP contribution in [0.3, 0.4) is 0 Å². The zero-order valence-electron chi connectivity index (χ0n) is 10.7. The lowest BCUT2D eigenvalue weighted by Crippen LogP contribution is -2.25. The van der Waals surface area contributed by atoms with E-state index < -0.39 is 0 Å². The van der Waals surface area contributed by atoms with E-state index in [1.54, 1.807) is 11.8 Å². The van der Waals surface area contributed by atoms with Gasteiger partial charge in [-0.1, -0.05) is 13.8 Å². The number of rotatable bonds is 7. The van der Waals surface area contributed by atoms with Gasteiger partial charge >= 0.3 is 0 Å². The predicted molar refractivity (Wildman–Crippen MR) is 72.6 cm³/mol. The molecule has 0 fully saturated rings. The van der Waals surface area contributed by atoms with Crippen molar-refractivity contribution in [2.24, 2.45) is 17.4 Å². The number of hydrogen-bond donors (Lipinski definition) is 4. The summed E-state index contributed by atoms with van der Waals surface area (Å²) in [6.07, 6.45) is 3.86. The van der Waals surface area contributed by atoms with Gasteiger partial charge in [0.1, 0.15) is 0 Å². The molecule has 0 spiro atoms. The molecule has 0 aliphatic heterocycles. The third-order valence-electron chi connectivity index (χ3n) is 1.94. The lowest BCUT2D eigenvalue weighted by atomic mass is 10.1. The van der Waals surface area contributed by atoms with Gasteiger partial charge in [0, 0.05) is 12.1 Å². The minimum atomic E-state index is -0.0185. The Hall–Kier alpha value is 0.190. The van der Waals surface area contributed by atoms with Crippen molar-refractivity contribution in [2.75, 3.05) is 25.2 Å². The maximum absolute atomic E-state index is 8.46. The van der Waals surface area contributed by atoms with Crippen LogP contribution in [0, 0.1) is 5.92 Å². The smallest absolute Gasteiger partial charge is 0.0582 e. The molecule has 4 nitrogen and oxygen atoms in total. The summed E-state index contributed by atoms with van der Waals surface area (Å²) >= 11 is 1.75. The molecule has 2 atom stereocenters. The second kappa shape index (κ2) is 13.3. The Kier molecular flexibility index (Phi) is 15.4. The van der Waals surface area contributed by atoms with Gasteiger partial charge in [-0.2, -0.15) is 11.8 Å². The molecular weight excluding hydrogens is 224 g/mol. The van der Waals surface area contributed by atoms with Gasteiger partial charge in [-0.25, -0.2) is 0 Å². The normalized spacial score (nSPS) is 14.2. The number of hydrogen-bond acceptors (Lipinski definition) is 5. The van der Waals surface area contributed by atoms with Crippen molar-refractivity contribution in [3.05, 3.63) is 0 Å². The van der Waals surface area contributed by atoms with Crippen molar-refractivity contribution in [3.63, 3.8) is 0 Å². The van der Waals surface area contributed by atoms with Crippen LogP contribution in [-0.2, 0) is 0 Å². The second-order valence-corrected chi connectivity index (χ2v) is 5.28. The lowest BCUT2D eigenvalue weighted by Gasteiger charge is -2.09. The van der Waals surface area contributed by atoms with Crippen molar-refractivity contribution in [2.45, 2.75) is 38.8 Å². The van der Waals surface area contributed by atoms with Gasteiger partial charge < -0.3 is 21.7 Å². The van der Waals surface area contributed by atoms with Crippen LogP contribution < -0.4 is 11.5 Å². The van der Waals surface area contributed by atoms with E-state index in [4.69, 9.17) is 21.7 Å². The first-order valence-corrected chi connectivity index (χ1v) is 7.09. The molecule has 0 aromatic carbocycles. The first-order chi connectivity index (χ1) is 7.47. The Morgan fingerprint density at radius 2 is 1.56 bits per heavy atom. The molecule has 0 aromatic heterocycles. The molecular formula is C11H28N2O2S. The molecule has 0 amide bonds. The maximum atomic E-state index is 8.46. The average Bonchev–Trinajstić information content (AvgIpc) is 2.25. The Bertz CT molecular complexity index is 137. The van der Waals surface area contributed by atoms with Crippen LogP contribution in [-0.4, -0.2) is 47.5 Å². The standard InChI is InChI=1S/C6H15NO.C5H13NOS/c1-5(2)3-6(7)4-8;1-8-3-2-5(6)4-7/h5-6,8H,3-4,7H2,1-2H3;5,7H,2-4,6H2,1H3/t6-;5-/m10/s1. The molecule has 0 aromatic rings. The number of nitrogens with two attached hydrogens (primary N) is 2. The highest BCUT2D eigenvalue weighted by atomic mass is 32.2. The summed E-state index contributed by atoms with van der Waals surface area (Å²) in [5, 5.41) is 16.9. The molecule has 0 aliphatic carbocycles. The number of aliphatic hydroxyl groups excluding tert-OH is 2. The Labute approximate surface area is 104 Å². The largest absolute Gasteiger partial charge is 0.395 e. The van der Waals surface area contributed by atoms with Crippen LogP contribution in [0.25, 0.3) is 0 Å². The van der Waals surface area contributed by atoms with Gasteiger partial charge in [0.15, 0.2) is 0 Å². The minimum absolute atomic E-state index is 0.0116. The van der Waals surface area contributed by atoms with E-state index in [1.807, 2.05) is 6.26 Å². The Morgan fingerprint density at radius 3 is 1.81 bits per heavy atom. The number of aliphatic hydroxyl groups is 2. The minimum Gasteiger partial charge on any atom is -0.395 e. The highest BCUT2D eigenvalue weighted by Crippen LogP contribution is 2.00. The van der Waals surface area contributed by atoms with Crippen molar-refractivity contribution in [3.8, 4) is 0 Å². The van der Waals surface area contributed by atoms with Crippen molar-refractivity contribution < 1.29 is 10.2 Å². The third kappa shape index (κ3) is 16.6. The molecule has 0 unspecified atom stereocenters. The van der Waals surface area contributed by atoms with Gasteiger partial charge in [-0.3, -0.25) is 0 Å². The summed E-state index contributed by atoms with van der Waals surface area (Å²) in [7, 11) is 0. The van der Waals surface area contributed by atoms with Gasteiger partial charge in [0.05, 0.1) is 13.2 Å². The molecule has 0 bridgehead atoms. The van der Waals surface area contributed by atoms with E-state index in [9.17, 15) is 0 Å². The van der Waals surface area contributed by atoms with E-state index in [0.717, 1.165) is 18.6 Å². The fourth-order valence-electron chi connectivity index (χ4n) is 1.04. The topological polar surface area (TPSA) is 92.5 Å². The van der Waals surface area contributed by atoms with E-state index in [-0.39, 0.29) is 25.3 Å². The summed E-state index contributed by atoms with van der Waals surface area (Å²) in [4.78, 5) is 0. The summed E-state index contributed by atoms with van der Waals surface area (Å²) in [5.41, 5.74) is 10.8. The fraction of sp³-hybridized carbons (Fsp3) is 1.00. The first kappa shape index (κ1) is 18.6. The highest BCUT2D eigenvalue weighted by Gasteiger charge is 2.01.